The fraction of sp³-hybridized carbons (Fsp3) is 0. The molecule has 0 aliphatic carbocycles. The summed E-state index contributed by atoms with van der Waals surface area (Å²) in [5.41, 5.74) is 10.8. The molecule has 2 heterocycles. The number of aromatic nitrogens is 4. The lowest BCUT2D eigenvalue weighted by Crippen LogP contribution is -2.07. The van der Waals surface area contributed by atoms with Crippen LogP contribution in [-0.4, -0.2) is 19.5 Å². The number of benzene rings is 10. The highest BCUT2D eigenvalue weighted by atomic mass is 15.2. The summed E-state index contributed by atoms with van der Waals surface area (Å²) in [4.78, 5) is 16.1. The molecule has 12 rings (SSSR count). The van der Waals surface area contributed by atoms with Gasteiger partial charge in [0, 0.05) is 27.5 Å². The van der Waals surface area contributed by atoms with Gasteiger partial charge in [0.05, 0.1) is 11.0 Å². The van der Waals surface area contributed by atoms with Gasteiger partial charge in [0.25, 0.3) is 0 Å². The zero-order valence-electron chi connectivity index (χ0n) is 33.1. The first-order valence-corrected chi connectivity index (χ1v) is 20.7. The molecular weight excluding hydrogens is 741 g/mol. The van der Waals surface area contributed by atoms with Gasteiger partial charge in [-0.2, -0.15) is 9.97 Å². The van der Waals surface area contributed by atoms with Crippen LogP contribution >= 0.6 is 0 Å². The van der Waals surface area contributed by atoms with Crippen molar-refractivity contribution < 1.29 is 0 Å². The van der Waals surface area contributed by atoms with E-state index in [0.29, 0.717) is 17.6 Å². The minimum absolute atomic E-state index is 0.561. The molecule has 0 saturated carbocycles. The maximum atomic E-state index is 5.45. The highest BCUT2D eigenvalue weighted by Gasteiger charge is 2.23. The predicted octanol–water partition coefficient (Wildman–Crippen LogP) is 14.8. The molecule has 0 unspecified atom stereocenters. The molecule has 10 aromatic carbocycles. The highest BCUT2D eigenvalue weighted by molar-refractivity contribution is 6.26. The van der Waals surface area contributed by atoms with E-state index in [0.717, 1.165) is 55.2 Å². The van der Waals surface area contributed by atoms with Gasteiger partial charge in [0.1, 0.15) is 0 Å². The van der Waals surface area contributed by atoms with Crippen molar-refractivity contribution in [2.75, 3.05) is 0 Å². The Morgan fingerprint density at radius 1 is 0.279 bits per heavy atom. The Labute approximate surface area is 352 Å². The molecule has 0 aliphatic heterocycles. The molecule has 0 fully saturated rings. The third kappa shape index (κ3) is 5.80. The van der Waals surface area contributed by atoms with Crippen molar-refractivity contribution in [3.8, 4) is 62.1 Å². The molecule has 0 aliphatic rings. The highest BCUT2D eigenvalue weighted by Crippen LogP contribution is 2.44. The monoisotopic (exact) mass is 776 g/mol. The van der Waals surface area contributed by atoms with Crippen molar-refractivity contribution in [3.63, 3.8) is 0 Å². The molecule has 4 heteroatoms. The van der Waals surface area contributed by atoms with Gasteiger partial charge < -0.3 is 0 Å². The smallest absolute Gasteiger partial charge is 0.238 e. The van der Waals surface area contributed by atoms with Gasteiger partial charge in [-0.15, -0.1) is 0 Å². The number of rotatable bonds is 6. The van der Waals surface area contributed by atoms with Crippen LogP contribution in [0.4, 0.5) is 0 Å². The van der Waals surface area contributed by atoms with E-state index in [1.165, 1.54) is 43.4 Å². The molecule has 12 aromatic rings. The molecular formula is C57H36N4. The first kappa shape index (κ1) is 34.8. The maximum absolute atomic E-state index is 5.45. The number of hydrogen-bond acceptors (Lipinski definition) is 3. The Kier molecular flexibility index (Phi) is 8.13. The largest absolute Gasteiger partial charge is 0.277 e. The summed E-state index contributed by atoms with van der Waals surface area (Å²) in [7, 11) is 0. The second-order valence-corrected chi connectivity index (χ2v) is 15.5. The summed E-state index contributed by atoms with van der Waals surface area (Å²) in [5, 5.41) is 9.56. The predicted molar refractivity (Wildman–Crippen MR) is 254 cm³/mol. The number of nitrogens with zero attached hydrogens (tertiary/aromatic N) is 4. The Morgan fingerprint density at radius 2 is 0.705 bits per heavy atom. The van der Waals surface area contributed by atoms with Crippen LogP contribution in [0.2, 0.25) is 0 Å². The molecule has 2 aromatic heterocycles. The fourth-order valence-electron chi connectivity index (χ4n) is 9.23. The second kappa shape index (κ2) is 14.3. The van der Waals surface area contributed by atoms with Gasteiger partial charge in [-0.3, -0.25) is 4.57 Å². The molecule has 4 nitrogen and oxygen atoms in total. The second-order valence-electron chi connectivity index (χ2n) is 15.5. The van der Waals surface area contributed by atoms with Crippen molar-refractivity contribution in [2.24, 2.45) is 0 Å². The number of para-hydroxylation sites is 1. The van der Waals surface area contributed by atoms with Gasteiger partial charge in [0.2, 0.25) is 5.95 Å². The van der Waals surface area contributed by atoms with Gasteiger partial charge in [0.15, 0.2) is 11.6 Å². The SMILES string of the molecule is c1ccc(-c2ccc(-c3ccc(-c4ccccc4)c4c5ccccc5n(-c5nc(-c6ccccc6)nc(-c6ccc7c8ccccc8c8ccccc8c7c6)n5)c34)cc2)cc1. The topological polar surface area (TPSA) is 43.6 Å². The zero-order valence-corrected chi connectivity index (χ0v) is 33.1. The standard InChI is InChI=1S/C57H36N4/c1-4-16-37(17-5-1)38-28-30-40(31-29-38)44-35-34-43(39-18-6-2-7-19-39)53-50-26-14-15-27-52(50)61(54(44)53)57-59-55(41-20-8-3-9-21-41)58-56(60-57)42-32-33-49-47-24-11-10-22-45(47)46-23-12-13-25-48(46)51(49)36-42/h1-36H. The quantitative estimate of drug-likeness (QED) is 0.158. The molecule has 0 atom stereocenters. The molecule has 0 spiro atoms. The van der Waals surface area contributed by atoms with Crippen molar-refractivity contribution in [1.29, 1.82) is 0 Å². The van der Waals surface area contributed by atoms with E-state index in [2.05, 4.69) is 205 Å². The van der Waals surface area contributed by atoms with Crippen LogP contribution in [0.15, 0.2) is 218 Å². The molecule has 0 saturated heterocycles. The summed E-state index contributed by atoms with van der Waals surface area (Å²) in [6.07, 6.45) is 0. The lowest BCUT2D eigenvalue weighted by Gasteiger charge is -2.15. The van der Waals surface area contributed by atoms with Gasteiger partial charge in [-0.1, -0.05) is 206 Å². The summed E-state index contributed by atoms with van der Waals surface area (Å²) in [6.45, 7) is 0. The van der Waals surface area contributed by atoms with E-state index in [1.807, 2.05) is 18.2 Å². The van der Waals surface area contributed by atoms with Crippen molar-refractivity contribution in [2.45, 2.75) is 0 Å². The third-order valence-electron chi connectivity index (χ3n) is 12.1. The minimum atomic E-state index is 0.561. The van der Waals surface area contributed by atoms with E-state index in [9.17, 15) is 0 Å². The summed E-state index contributed by atoms with van der Waals surface area (Å²) < 4.78 is 2.26. The van der Waals surface area contributed by atoms with E-state index in [1.54, 1.807) is 0 Å². The maximum Gasteiger partial charge on any atom is 0.238 e. The van der Waals surface area contributed by atoms with Crippen LogP contribution in [0.1, 0.15) is 0 Å². The van der Waals surface area contributed by atoms with Crippen LogP contribution in [0.25, 0.3) is 116 Å². The number of fused-ring (bicyclic) bond motifs is 9. The summed E-state index contributed by atoms with van der Waals surface area (Å²) in [6, 6.07) is 77.5. The average Bonchev–Trinajstić information content (AvgIpc) is 3.70. The Balaban J connectivity index is 1.15. The van der Waals surface area contributed by atoms with Gasteiger partial charge >= 0.3 is 0 Å². The molecule has 0 amide bonds. The van der Waals surface area contributed by atoms with Gasteiger partial charge in [-0.25, -0.2) is 4.98 Å². The molecule has 0 N–H and O–H groups in total. The van der Waals surface area contributed by atoms with Crippen LogP contribution in [0.3, 0.4) is 0 Å². The van der Waals surface area contributed by atoms with Crippen molar-refractivity contribution >= 4 is 54.1 Å². The first-order valence-electron chi connectivity index (χ1n) is 20.7. The van der Waals surface area contributed by atoms with Crippen LogP contribution in [-0.2, 0) is 0 Å². The van der Waals surface area contributed by atoms with Crippen LogP contribution < -0.4 is 0 Å². The van der Waals surface area contributed by atoms with Crippen LogP contribution in [0.5, 0.6) is 0 Å². The Bertz CT molecular complexity index is 3580. The summed E-state index contributed by atoms with van der Waals surface area (Å²) >= 11 is 0. The molecule has 0 bridgehead atoms. The Hall–Kier alpha value is -8.21. The zero-order chi connectivity index (χ0) is 40.3. The number of hydrogen-bond donors (Lipinski definition) is 0. The fourth-order valence-corrected chi connectivity index (χ4v) is 9.23. The van der Waals surface area contributed by atoms with Gasteiger partial charge in [-0.05, 0) is 72.3 Å². The lowest BCUT2D eigenvalue weighted by molar-refractivity contribution is 0.954. The van der Waals surface area contributed by atoms with E-state index >= 15 is 0 Å². The average molecular weight is 777 g/mol. The lowest BCUT2D eigenvalue weighted by atomic mass is 9.93. The van der Waals surface area contributed by atoms with Crippen molar-refractivity contribution in [3.05, 3.63) is 218 Å². The van der Waals surface area contributed by atoms with Crippen molar-refractivity contribution in [1.82, 2.24) is 19.5 Å². The van der Waals surface area contributed by atoms with E-state index < -0.39 is 0 Å². The molecule has 284 valence electrons. The van der Waals surface area contributed by atoms with E-state index in [4.69, 9.17) is 15.0 Å². The third-order valence-corrected chi connectivity index (χ3v) is 12.1. The van der Waals surface area contributed by atoms with E-state index in [-0.39, 0.29) is 0 Å². The first-order chi connectivity index (χ1) is 30.3. The molecule has 61 heavy (non-hydrogen) atoms. The normalized spacial score (nSPS) is 11.6. The Morgan fingerprint density at radius 3 is 1.34 bits per heavy atom. The summed E-state index contributed by atoms with van der Waals surface area (Å²) in [5.74, 6) is 1.79. The van der Waals surface area contributed by atoms with Crippen LogP contribution in [0, 0.1) is 0 Å². The molecule has 0 radical (unpaired) electrons. The minimum Gasteiger partial charge on any atom is -0.277 e.